The molecule has 3 aliphatic rings. The minimum absolute atomic E-state index is 0.555. The molecule has 4 rings (SSSR count). The summed E-state index contributed by atoms with van der Waals surface area (Å²) < 4.78 is 0. The van der Waals surface area contributed by atoms with Gasteiger partial charge in [-0.25, -0.2) is 0 Å². The molecule has 3 heteroatoms. The molecule has 0 amide bonds. The molecule has 2 bridgehead atoms. The lowest BCUT2D eigenvalue weighted by molar-refractivity contribution is 0.246. The van der Waals surface area contributed by atoms with Crippen LogP contribution in [0.4, 0.5) is 5.69 Å². The Morgan fingerprint density at radius 2 is 1.91 bits per heavy atom. The first-order chi connectivity index (χ1) is 11.1. The van der Waals surface area contributed by atoms with Crippen LogP contribution in [-0.4, -0.2) is 11.2 Å². The fourth-order valence-corrected chi connectivity index (χ4v) is 5.27. The fraction of sp³-hybridized carbons (Fsp3) is 0.550. The first kappa shape index (κ1) is 15.2. The van der Waals surface area contributed by atoms with Gasteiger partial charge in [0.2, 0.25) is 0 Å². The maximum Gasteiger partial charge on any atom is 0.171 e. The van der Waals surface area contributed by atoms with E-state index < -0.39 is 0 Å². The van der Waals surface area contributed by atoms with Crippen LogP contribution in [0.3, 0.4) is 0 Å². The van der Waals surface area contributed by atoms with Gasteiger partial charge in [-0.1, -0.05) is 38.1 Å². The van der Waals surface area contributed by atoms with Crippen LogP contribution in [0.15, 0.2) is 36.4 Å². The molecule has 1 aromatic rings. The summed E-state index contributed by atoms with van der Waals surface area (Å²) in [4.78, 5) is 0. The molecule has 5 atom stereocenters. The van der Waals surface area contributed by atoms with Crippen LogP contribution in [0.2, 0.25) is 0 Å². The van der Waals surface area contributed by atoms with Gasteiger partial charge in [0.1, 0.15) is 0 Å². The number of hydrogen-bond acceptors (Lipinski definition) is 1. The quantitative estimate of drug-likeness (QED) is 0.622. The van der Waals surface area contributed by atoms with Gasteiger partial charge in [-0.15, -0.1) is 0 Å². The van der Waals surface area contributed by atoms with E-state index in [1.807, 2.05) is 0 Å². The van der Waals surface area contributed by atoms with Gasteiger partial charge >= 0.3 is 0 Å². The average molecular weight is 327 g/mol. The summed E-state index contributed by atoms with van der Waals surface area (Å²) in [6.07, 6.45) is 8.85. The van der Waals surface area contributed by atoms with Crippen molar-refractivity contribution in [3.8, 4) is 0 Å². The van der Waals surface area contributed by atoms with Gasteiger partial charge < -0.3 is 10.6 Å². The summed E-state index contributed by atoms with van der Waals surface area (Å²) in [5.41, 5.74) is 2.44. The summed E-state index contributed by atoms with van der Waals surface area (Å²) in [7, 11) is 0. The Hall–Kier alpha value is -1.35. The lowest BCUT2D eigenvalue weighted by Crippen LogP contribution is -2.44. The maximum absolute atomic E-state index is 5.55. The number of rotatable bonds is 3. The molecule has 2 saturated carbocycles. The van der Waals surface area contributed by atoms with Crippen molar-refractivity contribution in [2.75, 3.05) is 5.32 Å². The minimum atomic E-state index is 0.555. The van der Waals surface area contributed by atoms with Gasteiger partial charge in [-0.2, -0.15) is 0 Å². The first-order valence-electron chi connectivity index (χ1n) is 8.96. The van der Waals surface area contributed by atoms with Crippen LogP contribution in [-0.2, 0) is 0 Å². The maximum atomic E-state index is 5.55. The Labute approximate surface area is 144 Å². The van der Waals surface area contributed by atoms with Crippen LogP contribution >= 0.6 is 12.2 Å². The van der Waals surface area contributed by atoms with Crippen molar-refractivity contribution in [1.82, 2.24) is 5.32 Å². The van der Waals surface area contributed by atoms with E-state index >= 15 is 0 Å². The molecule has 0 unspecified atom stereocenters. The molecule has 2 fully saturated rings. The predicted molar refractivity (Wildman–Crippen MR) is 101 cm³/mol. The fourth-order valence-electron chi connectivity index (χ4n) is 5.00. The second-order valence-corrected chi connectivity index (χ2v) is 8.19. The zero-order valence-corrected chi connectivity index (χ0v) is 14.8. The van der Waals surface area contributed by atoms with E-state index in [9.17, 15) is 0 Å². The number of hydrogen-bond donors (Lipinski definition) is 2. The average Bonchev–Trinajstić information content (AvgIpc) is 3.19. The third-order valence-electron chi connectivity index (χ3n) is 6.16. The highest BCUT2D eigenvalue weighted by Crippen LogP contribution is 2.56. The van der Waals surface area contributed by atoms with Crippen molar-refractivity contribution in [2.24, 2.45) is 23.7 Å². The third kappa shape index (κ3) is 2.80. The van der Waals surface area contributed by atoms with E-state index in [0.29, 0.717) is 12.0 Å². The van der Waals surface area contributed by atoms with E-state index in [1.165, 1.54) is 24.8 Å². The smallest absolute Gasteiger partial charge is 0.171 e. The summed E-state index contributed by atoms with van der Waals surface area (Å²) >= 11 is 5.55. The number of benzene rings is 1. The molecule has 3 aliphatic carbocycles. The van der Waals surface area contributed by atoms with E-state index in [4.69, 9.17) is 12.2 Å². The molecule has 23 heavy (non-hydrogen) atoms. The van der Waals surface area contributed by atoms with E-state index in [0.717, 1.165) is 34.5 Å². The van der Waals surface area contributed by atoms with Crippen LogP contribution < -0.4 is 10.6 Å². The van der Waals surface area contributed by atoms with Gasteiger partial charge in [0, 0.05) is 11.7 Å². The Balaban J connectivity index is 1.35. The number of anilines is 1. The molecule has 122 valence electrons. The Kier molecular flexibility index (Phi) is 3.92. The van der Waals surface area contributed by atoms with Crippen molar-refractivity contribution >= 4 is 23.0 Å². The summed E-state index contributed by atoms with van der Waals surface area (Å²) in [5.74, 6) is 4.00. The number of nitrogens with one attached hydrogen (secondary N) is 2. The van der Waals surface area contributed by atoms with Crippen LogP contribution in [0, 0.1) is 23.7 Å². The molecule has 0 aliphatic heterocycles. The van der Waals surface area contributed by atoms with Gasteiger partial charge in [0.25, 0.3) is 0 Å². The lowest BCUT2D eigenvalue weighted by atomic mass is 9.79. The van der Waals surface area contributed by atoms with Gasteiger partial charge in [-0.3, -0.25) is 0 Å². The Morgan fingerprint density at radius 1 is 1.13 bits per heavy atom. The van der Waals surface area contributed by atoms with Crippen LogP contribution in [0.5, 0.6) is 0 Å². The second kappa shape index (κ2) is 5.94. The summed E-state index contributed by atoms with van der Waals surface area (Å²) in [6, 6.07) is 9.17. The normalized spacial score (nSPS) is 34.0. The van der Waals surface area contributed by atoms with Gasteiger partial charge in [0.05, 0.1) is 0 Å². The Morgan fingerprint density at radius 3 is 2.65 bits per heavy atom. The lowest BCUT2D eigenvalue weighted by Gasteiger charge is -2.32. The molecule has 1 aromatic carbocycles. The van der Waals surface area contributed by atoms with Crippen molar-refractivity contribution in [2.45, 2.75) is 45.1 Å². The highest BCUT2D eigenvalue weighted by Gasteiger charge is 2.52. The van der Waals surface area contributed by atoms with Crippen molar-refractivity contribution < 1.29 is 0 Å². The molecule has 0 heterocycles. The highest BCUT2D eigenvalue weighted by atomic mass is 32.1. The largest absolute Gasteiger partial charge is 0.359 e. The molecule has 0 saturated heterocycles. The van der Waals surface area contributed by atoms with Crippen molar-refractivity contribution in [3.05, 3.63) is 42.0 Å². The van der Waals surface area contributed by atoms with Crippen molar-refractivity contribution in [1.29, 1.82) is 0 Å². The predicted octanol–water partition coefficient (Wildman–Crippen LogP) is 4.70. The number of fused-ring (bicyclic) bond motifs is 5. The van der Waals surface area contributed by atoms with Gasteiger partial charge in [-0.05, 0) is 78.8 Å². The Bertz CT molecular complexity index is 619. The molecule has 2 nitrogen and oxygen atoms in total. The van der Waals surface area contributed by atoms with Crippen LogP contribution in [0.25, 0.3) is 0 Å². The van der Waals surface area contributed by atoms with Crippen molar-refractivity contribution in [3.63, 3.8) is 0 Å². The molecular weight excluding hydrogens is 300 g/mol. The molecule has 0 spiro atoms. The number of allylic oxidation sites excluding steroid dienone is 2. The second-order valence-electron chi connectivity index (χ2n) is 7.78. The summed E-state index contributed by atoms with van der Waals surface area (Å²) in [6.45, 7) is 4.43. The SMILES string of the molecule is CC(C)c1ccc(NC(=S)N[C@@H]2C[C@H]3C[C@H]2[C@@H]2C=CC[C@@H]32)cc1. The zero-order chi connectivity index (χ0) is 16.0. The highest BCUT2D eigenvalue weighted by molar-refractivity contribution is 7.80. The minimum Gasteiger partial charge on any atom is -0.359 e. The van der Waals surface area contributed by atoms with E-state index in [2.05, 4.69) is 60.9 Å². The third-order valence-corrected chi connectivity index (χ3v) is 6.38. The molecule has 0 aromatic heterocycles. The van der Waals surface area contributed by atoms with E-state index in [1.54, 1.807) is 0 Å². The summed E-state index contributed by atoms with van der Waals surface area (Å²) in [5, 5.41) is 7.73. The van der Waals surface area contributed by atoms with Crippen LogP contribution in [0.1, 0.15) is 44.6 Å². The zero-order valence-electron chi connectivity index (χ0n) is 14.0. The monoisotopic (exact) mass is 326 g/mol. The first-order valence-corrected chi connectivity index (χ1v) is 9.37. The standard InChI is InChI=1S/C20H26N2S/c1-12(2)13-6-8-15(9-7-13)21-20(23)22-19-11-14-10-18(19)17-5-3-4-16(14)17/h3,5-9,12,14,16-19H,4,10-11H2,1-2H3,(H2,21,22,23)/t14-,16+,17-,18+,19-/m1/s1. The molecule has 2 N–H and O–H groups in total. The molecular formula is C20H26N2S. The topological polar surface area (TPSA) is 24.1 Å². The number of thiocarbonyl (C=S) groups is 1. The van der Waals surface area contributed by atoms with Gasteiger partial charge in [0.15, 0.2) is 5.11 Å². The molecule has 0 radical (unpaired) electrons. The van der Waals surface area contributed by atoms with E-state index in [-0.39, 0.29) is 0 Å².